The van der Waals surface area contributed by atoms with Crippen molar-refractivity contribution in [1.29, 1.82) is 0 Å². The normalized spacial score (nSPS) is 19.7. The minimum atomic E-state index is -1.39. The Morgan fingerprint density at radius 2 is 0.553 bits per heavy atom. The fourth-order valence-electron chi connectivity index (χ4n) is 9.59. The molecule has 12 atom stereocenters. The average Bonchev–Trinajstić information content (AvgIpc) is 1.51. The van der Waals surface area contributed by atoms with Gasteiger partial charge in [0.15, 0.2) is 0 Å². The van der Waals surface area contributed by atoms with Crippen LogP contribution in [0.2, 0.25) is 0 Å². The molecular weight excluding hydrogens is 1460 g/mol. The fraction of sp³-hybridized carbons (Fsp3) is 0.824. The summed E-state index contributed by atoms with van der Waals surface area (Å²) < 4.78 is 59.7. The molecule has 0 aliphatic heterocycles. The van der Waals surface area contributed by atoms with Crippen LogP contribution in [-0.2, 0) is 85.7 Å². The van der Waals surface area contributed by atoms with Crippen LogP contribution in [0.1, 0.15) is 176 Å². The Morgan fingerprint density at radius 3 is 0.835 bits per heavy atom. The van der Waals surface area contributed by atoms with E-state index in [-0.39, 0.29) is 52.6 Å². The molecule has 12 unspecified atom stereocenters. The molecule has 0 heterocycles. The van der Waals surface area contributed by atoms with Crippen LogP contribution in [-0.4, -0.2) is 245 Å². The third-order valence-corrected chi connectivity index (χ3v) is 23.4. The first kappa shape index (κ1) is 95.8. The molecule has 0 bridgehead atoms. The van der Waals surface area contributed by atoms with Crippen molar-refractivity contribution >= 4 is 143 Å². The van der Waals surface area contributed by atoms with Crippen molar-refractivity contribution in [3.8, 4) is 0 Å². The van der Waals surface area contributed by atoms with E-state index in [9.17, 15) is 57.5 Å². The number of alkyl carbamates (subject to hydrolysis) is 5. The van der Waals surface area contributed by atoms with Gasteiger partial charge in [0.25, 0.3) is 0 Å². The highest BCUT2D eigenvalue weighted by molar-refractivity contribution is 8.06. The zero-order chi connectivity index (χ0) is 79.0. The quantitative estimate of drug-likeness (QED) is 0.0278. The van der Waals surface area contributed by atoms with E-state index >= 15 is 0 Å². The highest BCUT2D eigenvalue weighted by Crippen LogP contribution is 2.44. The lowest BCUT2D eigenvalue weighted by atomic mass is 9.92. The number of esters is 6. The summed E-state index contributed by atoms with van der Waals surface area (Å²) in [5.41, 5.74) is -5.43. The van der Waals surface area contributed by atoms with Crippen molar-refractivity contribution in [2.75, 3.05) is 77.2 Å². The first-order chi connectivity index (χ1) is 47.4. The first-order valence-electron chi connectivity index (χ1n) is 33.9. The van der Waals surface area contributed by atoms with Crippen molar-refractivity contribution in [3.05, 3.63) is 0 Å². The maximum atomic E-state index is 14.1. The zero-order valence-corrected chi connectivity index (χ0v) is 69.6. The highest BCUT2D eigenvalue weighted by atomic mass is 32.2. The molecule has 0 aromatic heterocycles. The molecule has 1 rings (SSSR count). The van der Waals surface area contributed by atoms with Crippen LogP contribution in [0.25, 0.3) is 0 Å². The van der Waals surface area contributed by atoms with Crippen molar-refractivity contribution < 1.29 is 110 Å². The molecule has 594 valence electrons. The number of carbonyl (C=O) groups excluding carboxylic acids is 12. The molecule has 1 saturated carbocycles. The number of hydrogen-bond acceptors (Lipinski definition) is 29. The van der Waals surface area contributed by atoms with Crippen molar-refractivity contribution in [2.24, 2.45) is 5.41 Å². The first-order valence-corrected chi connectivity index (χ1v) is 40.2. The van der Waals surface area contributed by atoms with Crippen LogP contribution >= 0.6 is 70.6 Å². The highest BCUT2D eigenvalue weighted by Gasteiger charge is 2.42. The largest absolute Gasteiger partial charge is 0.467 e. The van der Waals surface area contributed by atoms with Crippen LogP contribution in [0.3, 0.4) is 0 Å². The molecule has 1 aliphatic carbocycles. The van der Waals surface area contributed by atoms with Gasteiger partial charge in [-0.15, -0.1) is 0 Å². The van der Waals surface area contributed by atoms with Gasteiger partial charge in [-0.3, -0.25) is 4.79 Å². The summed E-state index contributed by atoms with van der Waals surface area (Å²) in [5.74, 6) is -6.09. The lowest BCUT2D eigenvalue weighted by molar-refractivity contribution is -0.144. The predicted molar refractivity (Wildman–Crippen MR) is 404 cm³/mol. The van der Waals surface area contributed by atoms with Gasteiger partial charge < -0.3 is 84.0 Å². The Hall–Kier alpha value is -5.26. The van der Waals surface area contributed by atoms with Crippen molar-refractivity contribution in [2.45, 2.75) is 272 Å². The van der Waals surface area contributed by atoms with Gasteiger partial charge in [0.2, 0.25) is 5.91 Å². The Balaban J connectivity index is 5.05. The molecule has 6 N–H and O–H groups in total. The van der Waals surface area contributed by atoms with Gasteiger partial charge >= 0.3 is 66.3 Å². The maximum Gasteiger partial charge on any atom is 0.408 e. The van der Waals surface area contributed by atoms with Gasteiger partial charge in [-0.2, -0.15) is 70.6 Å². The van der Waals surface area contributed by atoms with E-state index in [1.54, 1.807) is 104 Å². The minimum absolute atomic E-state index is 0.0125. The number of hydrogen-bond donors (Lipinski definition) is 6. The van der Waals surface area contributed by atoms with Crippen molar-refractivity contribution in [1.82, 2.24) is 31.9 Å². The van der Waals surface area contributed by atoms with Gasteiger partial charge in [0, 0.05) is 72.4 Å². The lowest BCUT2D eigenvalue weighted by Crippen LogP contribution is -2.48. The van der Waals surface area contributed by atoms with Crippen LogP contribution < -0.4 is 31.9 Å². The second-order valence-electron chi connectivity index (χ2n) is 30.3. The third-order valence-electron chi connectivity index (χ3n) is 13.9. The van der Waals surface area contributed by atoms with E-state index in [2.05, 4.69) is 31.9 Å². The third kappa shape index (κ3) is 42.6. The molecule has 0 radical (unpaired) electrons. The molecule has 1 fully saturated rings. The fourth-order valence-corrected chi connectivity index (χ4v) is 19.3. The zero-order valence-electron chi connectivity index (χ0n) is 64.7. The molecular formula is C68H118N6O23S6. The Morgan fingerprint density at radius 1 is 0.311 bits per heavy atom. The molecule has 1 aliphatic rings. The van der Waals surface area contributed by atoms with E-state index in [1.165, 1.54) is 91.9 Å². The maximum absolute atomic E-state index is 14.1. The van der Waals surface area contributed by atoms with E-state index < -0.39 is 168 Å². The minimum Gasteiger partial charge on any atom is -0.467 e. The van der Waals surface area contributed by atoms with Gasteiger partial charge in [0.05, 0.1) is 42.7 Å². The second kappa shape index (κ2) is 45.4. The van der Waals surface area contributed by atoms with E-state index in [0.717, 1.165) is 21.3 Å². The van der Waals surface area contributed by atoms with Gasteiger partial charge in [-0.05, 0) is 141 Å². The Bertz CT molecular complexity index is 2750. The number of nitrogens with one attached hydrogen (secondary N) is 6. The van der Waals surface area contributed by atoms with Gasteiger partial charge in [-0.25, -0.2) is 52.7 Å². The molecule has 0 spiro atoms. The van der Waals surface area contributed by atoms with Crippen LogP contribution in [0.4, 0.5) is 24.0 Å². The van der Waals surface area contributed by atoms with Gasteiger partial charge in [0.1, 0.15) is 64.3 Å². The number of amides is 6. The summed E-state index contributed by atoms with van der Waals surface area (Å²) in [6.07, 6.45) is -2.07. The van der Waals surface area contributed by atoms with Crippen LogP contribution in [0.5, 0.6) is 0 Å². The Kier molecular flexibility index (Phi) is 42.2. The second-order valence-corrected chi connectivity index (χ2v) is 38.0. The van der Waals surface area contributed by atoms with E-state index in [1.807, 2.05) is 20.8 Å². The number of carbonyl (C=O) groups is 12. The smallest absolute Gasteiger partial charge is 0.408 e. The topological polar surface area (TPSA) is 379 Å². The predicted octanol–water partition coefficient (Wildman–Crippen LogP) is 9.77. The number of thioether (sulfide) groups is 6. The molecule has 0 aromatic carbocycles. The average molecular weight is 1580 g/mol. The molecule has 35 heteroatoms. The lowest BCUT2D eigenvalue weighted by Gasteiger charge is -2.38. The van der Waals surface area contributed by atoms with E-state index in [0.29, 0.717) is 38.5 Å². The summed E-state index contributed by atoms with van der Waals surface area (Å²) in [4.78, 5) is 165. The van der Waals surface area contributed by atoms with Crippen molar-refractivity contribution in [3.63, 3.8) is 0 Å². The molecule has 6 amide bonds. The van der Waals surface area contributed by atoms with Crippen LogP contribution in [0.15, 0.2) is 0 Å². The summed E-state index contributed by atoms with van der Waals surface area (Å²) in [5, 5.41) is 12.4. The summed E-state index contributed by atoms with van der Waals surface area (Å²) in [6.45, 7) is 30.4. The summed E-state index contributed by atoms with van der Waals surface area (Å²) in [6, 6.07) is -7.86. The van der Waals surface area contributed by atoms with Gasteiger partial charge in [-0.1, -0.05) is 33.6 Å². The standard InChI is InChI=1S/C68H118N6O23S6/c1-63(2,3)32-50(75)69-40(52(76)87-19)34-102-49-31-48(101-37-44(56(80)91-23)73-61(85)96-67(13,14)15)46(99-35-42(54(78)89-21)71-59(83)94-65(7,8)9)29-25-27-39(98-33-41(53(77)88-20)70-58(82)93-64(4,5)6)28-26-30-47(100-36-43(55(79)90-22)72-60(84)95-66(10,11)12)51(49)103-38-45(57(81)92-24)74-62(86)97-68(16,17)18/h39-49,51H,25-38H2,1-24H3,(H,69,75)(H,70,82)(H,71,83)(H,72,84)(H,73,85)(H,74,86). The summed E-state index contributed by atoms with van der Waals surface area (Å²) >= 11 is 7.70. The number of ether oxygens (including phenoxy) is 11. The molecule has 29 nitrogen and oxygen atoms in total. The number of rotatable bonds is 31. The number of methoxy groups -OCH3 is 6. The SMILES string of the molecule is COC(=O)C(CSC1CC(SCC(NC(=O)OC(C)(C)C)C(=O)OC)C(SCC(NC(=O)OC(C)(C)C)C(=O)OC)CCCC(SCC(NC(=O)OC(C)(C)C)C(=O)OC)CCCC(SCC(NC(=O)OC(C)(C)C)C(=O)OC)C1SCC(NC(=O)OC(C)(C)C)C(=O)OC)NC(=O)CC(C)(C)C. The summed E-state index contributed by atoms with van der Waals surface area (Å²) in [7, 11) is 7.02. The van der Waals surface area contributed by atoms with E-state index in [4.69, 9.17) is 52.1 Å². The molecule has 103 heavy (non-hydrogen) atoms. The molecule has 0 saturated heterocycles. The molecule has 0 aromatic rings. The monoisotopic (exact) mass is 1580 g/mol. The van der Waals surface area contributed by atoms with Crippen LogP contribution in [0, 0.1) is 5.41 Å². The Labute approximate surface area is 634 Å².